The maximum atomic E-state index is 9.37. The molecule has 1 radical (unpaired) electrons. The highest BCUT2D eigenvalue weighted by molar-refractivity contribution is 5.01. The lowest BCUT2D eigenvalue weighted by Gasteiger charge is -2.19. The van der Waals surface area contributed by atoms with Gasteiger partial charge in [0.05, 0.1) is 18.5 Å². The molecule has 5 N–H and O–H groups in total. The molecule has 3 atom stereocenters. The lowest BCUT2D eigenvalue weighted by molar-refractivity contribution is -0.0788. The maximum absolute atomic E-state index is 9.37. The molecule has 1 aromatic heterocycles. The van der Waals surface area contributed by atoms with Gasteiger partial charge in [-0.25, -0.2) is 4.98 Å². The van der Waals surface area contributed by atoms with Crippen molar-refractivity contribution in [3.63, 3.8) is 0 Å². The standard InChI is InChI=1S/C7H11N2O4/c10-2-5(11)7(13)6(12)4-1-8-3-9-4/h1,5-7,10-13H,2H2,(H,8,9)/t5-,6-,7-/m1/s1. The highest BCUT2D eigenvalue weighted by Crippen LogP contribution is 2.15. The first kappa shape index (κ1) is 10.1. The van der Waals surface area contributed by atoms with Crippen molar-refractivity contribution in [2.75, 3.05) is 6.61 Å². The number of imidazole rings is 1. The second-order valence-electron chi connectivity index (χ2n) is 2.64. The molecule has 13 heavy (non-hydrogen) atoms. The summed E-state index contributed by atoms with van der Waals surface area (Å²) in [5.41, 5.74) is 0.236. The van der Waals surface area contributed by atoms with E-state index in [1.807, 2.05) is 0 Å². The van der Waals surface area contributed by atoms with E-state index in [2.05, 4.69) is 16.3 Å². The van der Waals surface area contributed by atoms with Crippen LogP contribution in [0.1, 0.15) is 11.8 Å². The summed E-state index contributed by atoms with van der Waals surface area (Å²) in [5.74, 6) is 0. The van der Waals surface area contributed by atoms with Gasteiger partial charge >= 0.3 is 0 Å². The van der Waals surface area contributed by atoms with Crippen LogP contribution < -0.4 is 0 Å². The second kappa shape index (κ2) is 4.33. The van der Waals surface area contributed by atoms with Gasteiger partial charge in [0.25, 0.3) is 0 Å². The molecule has 0 aromatic carbocycles. The Morgan fingerprint density at radius 2 is 2.15 bits per heavy atom. The Balaban J connectivity index is 2.62. The molecular formula is C7H11N2O4. The molecule has 0 fully saturated rings. The number of aliphatic hydroxyl groups is 4. The third kappa shape index (κ3) is 2.25. The van der Waals surface area contributed by atoms with Crippen molar-refractivity contribution in [3.05, 3.63) is 18.2 Å². The number of aromatic nitrogens is 2. The number of H-pyrrole nitrogens is 1. The number of hydrogen-bond donors (Lipinski definition) is 5. The van der Waals surface area contributed by atoms with E-state index >= 15 is 0 Å². The first-order valence-corrected chi connectivity index (χ1v) is 3.72. The Labute approximate surface area is 74.5 Å². The third-order valence-corrected chi connectivity index (χ3v) is 1.69. The van der Waals surface area contributed by atoms with Gasteiger partial charge in [-0.1, -0.05) is 0 Å². The first-order chi connectivity index (χ1) is 6.16. The topological polar surface area (TPSA) is 110 Å². The average Bonchev–Trinajstić information content (AvgIpc) is 2.67. The van der Waals surface area contributed by atoms with Gasteiger partial charge in [-0.3, -0.25) is 0 Å². The van der Waals surface area contributed by atoms with Crippen molar-refractivity contribution >= 4 is 0 Å². The van der Waals surface area contributed by atoms with E-state index in [0.29, 0.717) is 0 Å². The zero-order valence-corrected chi connectivity index (χ0v) is 6.75. The van der Waals surface area contributed by atoms with Gasteiger partial charge in [0.1, 0.15) is 18.3 Å². The molecule has 6 heteroatoms. The summed E-state index contributed by atoms with van der Waals surface area (Å²) in [6.07, 6.45) is -0.519. The Bertz CT molecular complexity index is 239. The molecule has 0 saturated heterocycles. The molecule has 1 aromatic rings. The van der Waals surface area contributed by atoms with Crippen LogP contribution in [0.3, 0.4) is 0 Å². The average molecular weight is 187 g/mol. The van der Waals surface area contributed by atoms with Crippen molar-refractivity contribution in [1.82, 2.24) is 9.97 Å². The largest absolute Gasteiger partial charge is 0.394 e. The maximum Gasteiger partial charge on any atom is 0.173 e. The fourth-order valence-corrected chi connectivity index (χ4v) is 0.884. The van der Waals surface area contributed by atoms with Crippen LogP contribution in [0.4, 0.5) is 0 Å². The van der Waals surface area contributed by atoms with E-state index in [0.717, 1.165) is 0 Å². The minimum atomic E-state index is -1.45. The first-order valence-electron chi connectivity index (χ1n) is 3.72. The quantitative estimate of drug-likeness (QED) is 0.373. The van der Waals surface area contributed by atoms with Crippen molar-refractivity contribution < 1.29 is 20.4 Å². The summed E-state index contributed by atoms with van der Waals surface area (Å²) < 4.78 is 0. The van der Waals surface area contributed by atoms with Gasteiger partial charge in [-0.2, -0.15) is 0 Å². The summed E-state index contributed by atoms with van der Waals surface area (Å²) in [6.45, 7) is -0.615. The van der Waals surface area contributed by atoms with Gasteiger partial charge in [0.2, 0.25) is 0 Å². The predicted octanol–water partition coefficient (Wildman–Crippen LogP) is -2.04. The van der Waals surface area contributed by atoms with Crippen LogP contribution in [0.5, 0.6) is 0 Å². The smallest absolute Gasteiger partial charge is 0.173 e. The summed E-state index contributed by atoms with van der Waals surface area (Å²) in [7, 11) is 0. The van der Waals surface area contributed by atoms with Gasteiger partial charge in [0.15, 0.2) is 6.33 Å². The molecule has 0 aliphatic carbocycles. The molecule has 0 bridgehead atoms. The predicted molar refractivity (Wildman–Crippen MR) is 41.5 cm³/mol. The molecule has 0 amide bonds. The zero-order valence-electron chi connectivity index (χ0n) is 6.75. The van der Waals surface area contributed by atoms with E-state index in [9.17, 15) is 10.2 Å². The fraction of sp³-hybridized carbons (Fsp3) is 0.571. The third-order valence-electron chi connectivity index (χ3n) is 1.69. The molecule has 0 spiro atoms. The zero-order chi connectivity index (χ0) is 9.84. The summed E-state index contributed by atoms with van der Waals surface area (Å²) in [5, 5.41) is 36.1. The van der Waals surface area contributed by atoms with Crippen molar-refractivity contribution in [2.45, 2.75) is 18.3 Å². The van der Waals surface area contributed by atoms with Crippen molar-refractivity contribution in [2.24, 2.45) is 0 Å². The highest BCUT2D eigenvalue weighted by atomic mass is 16.4. The molecule has 0 unspecified atom stereocenters. The molecule has 0 aliphatic heterocycles. The molecule has 1 rings (SSSR count). The fourth-order valence-electron chi connectivity index (χ4n) is 0.884. The summed E-state index contributed by atoms with van der Waals surface area (Å²) in [6, 6.07) is 0. The van der Waals surface area contributed by atoms with Gasteiger partial charge in [0, 0.05) is 0 Å². The van der Waals surface area contributed by atoms with Gasteiger partial charge in [-0.05, 0) is 0 Å². The molecule has 0 aliphatic rings. The van der Waals surface area contributed by atoms with Crippen LogP contribution in [-0.4, -0.2) is 49.2 Å². The SMILES string of the molecule is OC[C@@H](O)[C@@H](O)[C@H](O)c1cn[c][nH]1. The number of rotatable bonds is 4. The van der Waals surface area contributed by atoms with E-state index in [4.69, 9.17) is 10.2 Å². The molecule has 6 nitrogen and oxygen atoms in total. The minimum Gasteiger partial charge on any atom is -0.394 e. The monoisotopic (exact) mass is 187 g/mol. The Morgan fingerprint density at radius 1 is 1.46 bits per heavy atom. The Kier molecular flexibility index (Phi) is 3.38. The summed E-state index contributed by atoms with van der Waals surface area (Å²) in [4.78, 5) is 5.97. The van der Waals surface area contributed by atoms with Gasteiger partial charge in [-0.15, -0.1) is 0 Å². The van der Waals surface area contributed by atoms with Gasteiger partial charge < -0.3 is 25.4 Å². The van der Waals surface area contributed by atoms with E-state index < -0.39 is 24.9 Å². The summed E-state index contributed by atoms with van der Waals surface area (Å²) >= 11 is 0. The van der Waals surface area contributed by atoms with Crippen LogP contribution in [0, 0.1) is 6.33 Å². The lowest BCUT2D eigenvalue weighted by Crippen LogP contribution is -2.34. The molecule has 73 valence electrons. The van der Waals surface area contributed by atoms with E-state index in [1.165, 1.54) is 6.20 Å². The number of aliphatic hydroxyl groups excluding tert-OH is 4. The number of nitrogens with one attached hydrogen (secondary N) is 1. The Hall–Kier alpha value is -0.950. The molecule has 1 heterocycles. The Morgan fingerprint density at radius 3 is 2.62 bits per heavy atom. The lowest BCUT2D eigenvalue weighted by atomic mass is 10.1. The van der Waals surface area contributed by atoms with E-state index in [1.54, 1.807) is 0 Å². The second-order valence-corrected chi connectivity index (χ2v) is 2.64. The molecular weight excluding hydrogens is 176 g/mol. The van der Waals surface area contributed by atoms with Crippen molar-refractivity contribution in [3.8, 4) is 0 Å². The van der Waals surface area contributed by atoms with Crippen LogP contribution >= 0.6 is 0 Å². The van der Waals surface area contributed by atoms with Crippen LogP contribution in [-0.2, 0) is 0 Å². The minimum absolute atomic E-state index is 0.236. The number of hydrogen-bond acceptors (Lipinski definition) is 5. The van der Waals surface area contributed by atoms with Crippen LogP contribution in [0.2, 0.25) is 0 Å². The van der Waals surface area contributed by atoms with E-state index in [-0.39, 0.29) is 5.69 Å². The number of nitrogens with zero attached hydrogens (tertiary/aromatic N) is 1. The van der Waals surface area contributed by atoms with Crippen LogP contribution in [0.15, 0.2) is 6.20 Å². The number of aromatic amines is 1. The van der Waals surface area contributed by atoms with Crippen molar-refractivity contribution in [1.29, 1.82) is 0 Å². The molecule has 0 saturated carbocycles. The van der Waals surface area contributed by atoms with Crippen LogP contribution in [0.25, 0.3) is 0 Å². The normalized spacial score (nSPS) is 18.2. The highest BCUT2D eigenvalue weighted by Gasteiger charge is 2.26.